The molecule has 10 heteroatoms. The summed E-state index contributed by atoms with van der Waals surface area (Å²) in [5.74, 6) is -2.18. The lowest BCUT2D eigenvalue weighted by Gasteiger charge is -2.13. The Morgan fingerprint density at radius 1 is 1.06 bits per heavy atom. The zero-order valence-corrected chi connectivity index (χ0v) is 19.4. The number of anilines is 1. The molecule has 4 rings (SSSR count). The minimum atomic E-state index is -0.964. The topological polar surface area (TPSA) is 90.9 Å². The number of benzene rings is 2. The molecule has 0 bridgehead atoms. The van der Waals surface area contributed by atoms with E-state index in [0.29, 0.717) is 18.5 Å². The van der Waals surface area contributed by atoms with Crippen LogP contribution in [0.3, 0.4) is 0 Å². The number of nitrogens with one attached hydrogen (secondary N) is 1. The van der Waals surface area contributed by atoms with E-state index in [1.165, 1.54) is 10.9 Å². The van der Waals surface area contributed by atoms with Crippen molar-refractivity contribution in [3.63, 3.8) is 0 Å². The third-order valence-corrected chi connectivity index (χ3v) is 5.62. The highest BCUT2D eigenvalue weighted by Gasteiger charge is 2.20. The van der Waals surface area contributed by atoms with Crippen molar-refractivity contribution in [2.24, 2.45) is 5.92 Å². The predicted octanol–water partition coefficient (Wildman–Crippen LogP) is 3.37. The van der Waals surface area contributed by atoms with E-state index < -0.39 is 35.3 Å². The van der Waals surface area contributed by atoms with E-state index in [4.69, 9.17) is 0 Å². The second kappa shape index (κ2) is 10.0. The summed E-state index contributed by atoms with van der Waals surface area (Å²) in [5, 5.41) is 2.30. The van der Waals surface area contributed by atoms with E-state index in [1.54, 1.807) is 4.57 Å². The average Bonchev–Trinajstić information content (AvgIpc) is 3.25. The zero-order chi connectivity index (χ0) is 25.1. The van der Waals surface area contributed by atoms with Gasteiger partial charge in [0.25, 0.3) is 5.56 Å². The molecule has 0 saturated carbocycles. The molecule has 1 N–H and O–H groups in total. The lowest BCUT2D eigenvalue weighted by atomic mass is 10.1. The molecule has 0 spiro atoms. The predicted molar refractivity (Wildman–Crippen MR) is 128 cm³/mol. The minimum absolute atomic E-state index is 0.145. The van der Waals surface area contributed by atoms with Crippen LogP contribution in [-0.2, 0) is 24.4 Å². The van der Waals surface area contributed by atoms with Gasteiger partial charge in [-0.15, -0.1) is 0 Å². The largest absolute Gasteiger partial charge is 0.333 e. The lowest BCUT2D eigenvalue weighted by molar-refractivity contribution is -0.116. The number of aryl methyl sites for hydroxylation is 1. The minimum Gasteiger partial charge on any atom is -0.325 e. The molecule has 0 fully saturated rings. The van der Waals surface area contributed by atoms with Gasteiger partial charge in [-0.1, -0.05) is 44.2 Å². The molecule has 0 atom stereocenters. The summed E-state index contributed by atoms with van der Waals surface area (Å²) in [6, 6.07) is 11.9. The van der Waals surface area contributed by atoms with Gasteiger partial charge in [0.15, 0.2) is 11.2 Å². The number of nitrogens with zero attached hydrogens (tertiary/aromatic N) is 4. The number of carbonyl (C=O) groups excluding carboxylic acids is 1. The van der Waals surface area contributed by atoms with Crippen molar-refractivity contribution < 1.29 is 13.6 Å². The maximum absolute atomic E-state index is 14.0. The van der Waals surface area contributed by atoms with Gasteiger partial charge < -0.3 is 9.88 Å². The van der Waals surface area contributed by atoms with Crippen LogP contribution < -0.4 is 16.6 Å². The van der Waals surface area contributed by atoms with Crippen LogP contribution in [0.5, 0.6) is 0 Å². The molecule has 0 aliphatic rings. The first kappa shape index (κ1) is 24.1. The Kier molecular flexibility index (Phi) is 6.90. The molecule has 2 heterocycles. The van der Waals surface area contributed by atoms with Crippen molar-refractivity contribution >= 4 is 22.8 Å². The molecule has 2 aromatic heterocycles. The van der Waals surface area contributed by atoms with Gasteiger partial charge in [-0.2, -0.15) is 0 Å². The molecule has 8 nitrogen and oxygen atoms in total. The van der Waals surface area contributed by atoms with Crippen LogP contribution in [0.4, 0.5) is 14.5 Å². The highest BCUT2D eigenvalue weighted by Crippen LogP contribution is 2.15. The summed E-state index contributed by atoms with van der Waals surface area (Å²) < 4.78 is 31.0. The summed E-state index contributed by atoms with van der Waals surface area (Å²) in [6.45, 7) is 4.13. The SMILES string of the molecule is CC(C)CCn1cnc2c1c(=O)n(CC(=O)Nc1ccc(F)cc1F)c(=O)n2Cc1ccccc1. The molecule has 182 valence electrons. The van der Waals surface area contributed by atoms with Gasteiger partial charge in [-0.3, -0.25) is 14.2 Å². The number of aromatic nitrogens is 4. The molecule has 0 aliphatic heterocycles. The van der Waals surface area contributed by atoms with E-state index in [0.717, 1.165) is 28.7 Å². The maximum atomic E-state index is 14.0. The standard InChI is InChI=1S/C25H25F2N5O3/c1-16(2)10-11-30-15-28-23-22(30)24(34)32(25(35)31(23)13-17-6-4-3-5-7-17)14-21(33)29-20-9-8-18(26)12-19(20)27/h3-9,12,15-16H,10-11,13-14H2,1-2H3,(H,29,33). The lowest BCUT2D eigenvalue weighted by Crippen LogP contribution is -2.43. The molecular formula is C25H25F2N5O3. The molecule has 0 aliphatic carbocycles. The van der Waals surface area contributed by atoms with Crippen LogP contribution in [0, 0.1) is 17.6 Å². The Morgan fingerprint density at radius 2 is 1.80 bits per heavy atom. The highest BCUT2D eigenvalue weighted by atomic mass is 19.1. The monoisotopic (exact) mass is 481 g/mol. The fourth-order valence-electron chi connectivity index (χ4n) is 3.78. The molecule has 0 radical (unpaired) electrons. The van der Waals surface area contributed by atoms with Gasteiger partial charge in [-0.25, -0.2) is 23.1 Å². The van der Waals surface area contributed by atoms with Gasteiger partial charge in [0.2, 0.25) is 5.91 Å². The Labute approximate surface area is 199 Å². The van der Waals surface area contributed by atoms with Crippen LogP contribution >= 0.6 is 0 Å². The number of hydrogen-bond acceptors (Lipinski definition) is 4. The molecule has 35 heavy (non-hydrogen) atoms. The van der Waals surface area contributed by atoms with Crippen LogP contribution in [0.2, 0.25) is 0 Å². The number of imidazole rings is 1. The number of halogens is 2. The Balaban J connectivity index is 1.77. The van der Waals surface area contributed by atoms with Gasteiger partial charge in [0.05, 0.1) is 18.6 Å². The van der Waals surface area contributed by atoms with Gasteiger partial charge in [-0.05, 0) is 30.0 Å². The first-order valence-electron chi connectivity index (χ1n) is 11.2. The van der Waals surface area contributed by atoms with Crippen molar-refractivity contribution in [2.45, 2.75) is 39.9 Å². The highest BCUT2D eigenvalue weighted by molar-refractivity contribution is 5.90. The van der Waals surface area contributed by atoms with E-state index in [1.807, 2.05) is 30.3 Å². The number of rotatable bonds is 8. The van der Waals surface area contributed by atoms with Gasteiger partial charge in [0, 0.05) is 12.6 Å². The van der Waals surface area contributed by atoms with Crippen molar-refractivity contribution in [3.8, 4) is 0 Å². The molecular weight excluding hydrogens is 456 g/mol. The van der Waals surface area contributed by atoms with Crippen molar-refractivity contribution in [1.82, 2.24) is 18.7 Å². The molecule has 4 aromatic rings. The zero-order valence-electron chi connectivity index (χ0n) is 19.4. The molecule has 0 unspecified atom stereocenters. The summed E-state index contributed by atoms with van der Waals surface area (Å²) in [6.07, 6.45) is 2.31. The number of amides is 1. The second-order valence-corrected chi connectivity index (χ2v) is 8.71. The van der Waals surface area contributed by atoms with E-state index in [9.17, 15) is 23.2 Å². The number of hydrogen-bond donors (Lipinski definition) is 1. The van der Waals surface area contributed by atoms with Crippen LogP contribution in [0.25, 0.3) is 11.2 Å². The first-order valence-corrected chi connectivity index (χ1v) is 11.2. The van der Waals surface area contributed by atoms with Gasteiger partial charge in [0.1, 0.15) is 18.2 Å². The Hall–Kier alpha value is -4.08. The maximum Gasteiger partial charge on any atom is 0.333 e. The normalized spacial score (nSPS) is 11.3. The molecule has 2 aromatic carbocycles. The quantitative estimate of drug-likeness (QED) is 0.418. The third kappa shape index (κ3) is 5.21. The van der Waals surface area contributed by atoms with Crippen molar-refractivity contribution in [1.29, 1.82) is 0 Å². The fourth-order valence-corrected chi connectivity index (χ4v) is 3.78. The number of fused-ring (bicyclic) bond motifs is 1. The smallest absolute Gasteiger partial charge is 0.325 e. The summed E-state index contributed by atoms with van der Waals surface area (Å²) in [7, 11) is 0. The first-order chi connectivity index (χ1) is 16.7. The number of carbonyl (C=O) groups is 1. The van der Waals surface area contributed by atoms with Gasteiger partial charge >= 0.3 is 5.69 Å². The van der Waals surface area contributed by atoms with Crippen molar-refractivity contribution in [2.75, 3.05) is 5.32 Å². The van der Waals surface area contributed by atoms with Crippen LogP contribution in [0.15, 0.2) is 64.4 Å². The summed E-state index contributed by atoms with van der Waals surface area (Å²) in [5.41, 5.74) is -0.371. The summed E-state index contributed by atoms with van der Waals surface area (Å²) >= 11 is 0. The van der Waals surface area contributed by atoms with E-state index in [-0.39, 0.29) is 23.4 Å². The Morgan fingerprint density at radius 3 is 2.49 bits per heavy atom. The third-order valence-electron chi connectivity index (χ3n) is 5.62. The molecule has 1 amide bonds. The van der Waals surface area contributed by atoms with Crippen LogP contribution in [-0.4, -0.2) is 24.6 Å². The van der Waals surface area contributed by atoms with Crippen molar-refractivity contribution in [3.05, 3.63) is 92.9 Å². The average molecular weight is 482 g/mol. The fraction of sp³-hybridized carbons (Fsp3) is 0.280. The second-order valence-electron chi connectivity index (χ2n) is 8.71. The van der Waals surface area contributed by atoms with E-state index >= 15 is 0 Å². The van der Waals surface area contributed by atoms with Crippen LogP contribution in [0.1, 0.15) is 25.8 Å². The summed E-state index contributed by atoms with van der Waals surface area (Å²) in [4.78, 5) is 43.7. The van der Waals surface area contributed by atoms with E-state index in [2.05, 4.69) is 24.1 Å². The molecule has 0 saturated heterocycles. The Bertz CT molecular complexity index is 1490.